The Kier molecular flexibility index (Phi) is 4.24. The molecule has 1 heterocycles. The molecule has 0 aromatic carbocycles. The van der Waals surface area contributed by atoms with E-state index < -0.39 is 10.0 Å². The van der Waals surface area contributed by atoms with Gasteiger partial charge in [-0.25, -0.2) is 13.1 Å². The molecule has 0 unspecified atom stereocenters. The number of methoxy groups -OCH3 is 1. The fourth-order valence-corrected chi connectivity index (χ4v) is 3.30. The van der Waals surface area contributed by atoms with Gasteiger partial charge in [0.1, 0.15) is 0 Å². The zero-order valence-electron chi connectivity index (χ0n) is 11.0. The standard InChI is InChI=1S/C11H20N4O3S/c1-18-5-4-11(2-3-11)8-14-19(16,17)10-9(6-12)7-13-15-10/h7,14H,2-6,8,12H2,1H3,(H,13,15). The van der Waals surface area contributed by atoms with Crippen molar-refractivity contribution in [2.75, 3.05) is 20.3 Å². The van der Waals surface area contributed by atoms with E-state index in [1.165, 1.54) is 6.20 Å². The molecule has 1 saturated carbocycles. The number of hydrogen-bond donors (Lipinski definition) is 3. The van der Waals surface area contributed by atoms with E-state index in [4.69, 9.17) is 10.5 Å². The van der Waals surface area contributed by atoms with E-state index in [9.17, 15) is 8.42 Å². The Hall–Kier alpha value is -0.960. The van der Waals surface area contributed by atoms with E-state index in [1.807, 2.05) is 0 Å². The molecule has 0 atom stereocenters. The predicted molar refractivity (Wildman–Crippen MR) is 69.8 cm³/mol. The Morgan fingerprint density at radius 3 is 2.89 bits per heavy atom. The first kappa shape index (κ1) is 14.4. The minimum atomic E-state index is -3.57. The molecule has 8 heteroatoms. The quantitative estimate of drug-likeness (QED) is 0.622. The second-order valence-corrected chi connectivity index (χ2v) is 6.70. The monoisotopic (exact) mass is 288 g/mol. The summed E-state index contributed by atoms with van der Waals surface area (Å²) in [5.41, 5.74) is 6.04. The third-order valence-corrected chi connectivity index (χ3v) is 5.01. The lowest BCUT2D eigenvalue weighted by molar-refractivity contribution is 0.173. The highest BCUT2D eigenvalue weighted by atomic mass is 32.2. The number of nitrogens with zero attached hydrogens (tertiary/aromatic N) is 1. The van der Waals surface area contributed by atoms with Crippen LogP contribution in [0.5, 0.6) is 0 Å². The van der Waals surface area contributed by atoms with Crippen molar-refractivity contribution < 1.29 is 13.2 Å². The zero-order chi connectivity index (χ0) is 13.9. The van der Waals surface area contributed by atoms with Crippen LogP contribution in [-0.4, -0.2) is 38.9 Å². The number of hydrogen-bond acceptors (Lipinski definition) is 5. The maximum absolute atomic E-state index is 12.2. The van der Waals surface area contributed by atoms with E-state index in [-0.39, 0.29) is 17.0 Å². The summed E-state index contributed by atoms with van der Waals surface area (Å²) in [6, 6.07) is 0. The number of nitrogens with one attached hydrogen (secondary N) is 2. The molecule has 0 spiro atoms. The van der Waals surface area contributed by atoms with E-state index in [0.717, 1.165) is 19.3 Å². The lowest BCUT2D eigenvalue weighted by Crippen LogP contribution is -2.31. The van der Waals surface area contributed by atoms with Crippen molar-refractivity contribution in [2.45, 2.75) is 30.8 Å². The van der Waals surface area contributed by atoms with Crippen molar-refractivity contribution >= 4 is 10.0 Å². The molecule has 1 aromatic rings. The first-order valence-electron chi connectivity index (χ1n) is 6.24. The molecule has 1 aliphatic rings. The van der Waals surface area contributed by atoms with Crippen LogP contribution in [0, 0.1) is 5.41 Å². The van der Waals surface area contributed by atoms with Gasteiger partial charge in [-0.05, 0) is 24.7 Å². The first-order valence-corrected chi connectivity index (χ1v) is 7.72. The molecule has 108 valence electrons. The molecule has 0 aliphatic heterocycles. The van der Waals surface area contributed by atoms with Gasteiger partial charge in [0.2, 0.25) is 0 Å². The molecule has 0 radical (unpaired) electrons. The van der Waals surface area contributed by atoms with Crippen LogP contribution in [0.25, 0.3) is 0 Å². The highest BCUT2D eigenvalue weighted by Gasteiger charge is 2.42. The lowest BCUT2D eigenvalue weighted by Gasteiger charge is -2.15. The highest BCUT2D eigenvalue weighted by Crippen LogP contribution is 2.48. The predicted octanol–water partition coefficient (Wildman–Crippen LogP) is -0.0366. The molecule has 2 rings (SSSR count). The van der Waals surface area contributed by atoms with Crippen molar-refractivity contribution in [3.8, 4) is 0 Å². The minimum absolute atomic E-state index is 0.0615. The molecule has 1 aliphatic carbocycles. The number of aromatic nitrogens is 2. The van der Waals surface area contributed by atoms with Crippen LogP contribution in [0.3, 0.4) is 0 Å². The number of rotatable bonds is 8. The number of H-pyrrole nitrogens is 1. The topological polar surface area (TPSA) is 110 Å². The molecule has 0 amide bonds. The van der Waals surface area contributed by atoms with E-state index >= 15 is 0 Å². The summed E-state index contributed by atoms with van der Waals surface area (Å²) < 4.78 is 32.0. The fraction of sp³-hybridized carbons (Fsp3) is 0.727. The normalized spacial score (nSPS) is 17.6. The van der Waals surface area contributed by atoms with Gasteiger partial charge >= 0.3 is 0 Å². The average Bonchev–Trinajstić information content (AvgIpc) is 2.99. The Bertz CT molecular complexity index is 522. The van der Waals surface area contributed by atoms with Crippen LogP contribution in [0.1, 0.15) is 24.8 Å². The van der Waals surface area contributed by atoms with Crippen LogP contribution in [0.15, 0.2) is 11.2 Å². The van der Waals surface area contributed by atoms with Gasteiger partial charge in [0.25, 0.3) is 10.0 Å². The first-order chi connectivity index (χ1) is 9.03. The van der Waals surface area contributed by atoms with Crippen molar-refractivity contribution in [1.82, 2.24) is 14.9 Å². The Morgan fingerprint density at radius 2 is 2.32 bits per heavy atom. The minimum Gasteiger partial charge on any atom is -0.385 e. The van der Waals surface area contributed by atoms with Gasteiger partial charge < -0.3 is 10.5 Å². The fourth-order valence-electron chi connectivity index (χ4n) is 2.01. The van der Waals surface area contributed by atoms with Gasteiger partial charge in [0.15, 0.2) is 5.03 Å². The zero-order valence-corrected chi connectivity index (χ0v) is 11.8. The molecule has 19 heavy (non-hydrogen) atoms. The molecular weight excluding hydrogens is 268 g/mol. The molecule has 0 saturated heterocycles. The van der Waals surface area contributed by atoms with Crippen LogP contribution >= 0.6 is 0 Å². The van der Waals surface area contributed by atoms with Crippen LogP contribution in [0.2, 0.25) is 0 Å². The summed E-state index contributed by atoms with van der Waals surface area (Å²) in [7, 11) is -1.92. The third-order valence-electron chi connectivity index (χ3n) is 3.60. The van der Waals surface area contributed by atoms with E-state index in [2.05, 4.69) is 14.9 Å². The summed E-state index contributed by atoms with van der Waals surface area (Å²) in [6.07, 6.45) is 4.38. The number of nitrogens with two attached hydrogens (primary N) is 1. The molecule has 1 aromatic heterocycles. The van der Waals surface area contributed by atoms with Crippen molar-refractivity contribution in [1.29, 1.82) is 0 Å². The average molecular weight is 288 g/mol. The smallest absolute Gasteiger partial charge is 0.257 e. The largest absolute Gasteiger partial charge is 0.385 e. The summed E-state index contributed by atoms with van der Waals surface area (Å²) >= 11 is 0. The van der Waals surface area contributed by atoms with Crippen molar-refractivity contribution in [2.24, 2.45) is 11.1 Å². The second-order valence-electron chi connectivity index (χ2n) is 5.00. The summed E-state index contributed by atoms with van der Waals surface area (Å²) in [5, 5.41) is 6.28. The van der Waals surface area contributed by atoms with Crippen LogP contribution in [-0.2, 0) is 21.3 Å². The number of aromatic amines is 1. The van der Waals surface area contributed by atoms with Gasteiger partial charge in [-0.1, -0.05) is 0 Å². The lowest BCUT2D eigenvalue weighted by atomic mass is 10.0. The van der Waals surface area contributed by atoms with Gasteiger partial charge in [0, 0.05) is 32.4 Å². The Balaban J connectivity index is 1.99. The SMILES string of the molecule is COCCC1(CNS(=O)(=O)c2[nH]ncc2CN)CC1. The number of sulfonamides is 1. The van der Waals surface area contributed by atoms with Gasteiger partial charge in [-0.2, -0.15) is 5.10 Å². The molecular formula is C11H20N4O3S. The van der Waals surface area contributed by atoms with Gasteiger partial charge in [-0.3, -0.25) is 5.10 Å². The summed E-state index contributed by atoms with van der Waals surface area (Å²) in [4.78, 5) is 0. The summed E-state index contributed by atoms with van der Waals surface area (Å²) in [5.74, 6) is 0. The van der Waals surface area contributed by atoms with E-state index in [0.29, 0.717) is 18.7 Å². The van der Waals surface area contributed by atoms with Gasteiger partial charge in [-0.15, -0.1) is 0 Å². The molecule has 4 N–H and O–H groups in total. The molecule has 1 fully saturated rings. The van der Waals surface area contributed by atoms with Crippen molar-refractivity contribution in [3.05, 3.63) is 11.8 Å². The third kappa shape index (κ3) is 3.33. The van der Waals surface area contributed by atoms with Crippen LogP contribution < -0.4 is 10.5 Å². The maximum atomic E-state index is 12.2. The summed E-state index contributed by atoms with van der Waals surface area (Å²) in [6.45, 7) is 1.23. The molecule has 7 nitrogen and oxygen atoms in total. The highest BCUT2D eigenvalue weighted by molar-refractivity contribution is 7.89. The Labute approximate surface area is 113 Å². The number of ether oxygens (including phenoxy) is 1. The van der Waals surface area contributed by atoms with E-state index in [1.54, 1.807) is 7.11 Å². The maximum Gasteiger partial charge on any atom is 0.257 e. The van der Waals surface area contributed by atoms with Crippen LogP contribution in [0.4, 0.5) is 0 Å². The van der Waals surface area contributed by atoms with Gasteiger partial charge in [0.05, 0.1) is 6.20 Å². The molecule has 0 bridgehead atoms. The van der Waals surface area contributed by atoms with Crippen molar-refractivity contribution in [3.63, 3.8) is 0 Å². The second kappa shape index (κ2) is 5.58. The Morgan fingerprint density at radius 1 is 1.58 bits per heavy atom.